The SMILES string of the molecule is CC(=CC(C)(C)C1CCC(O)CC1)C1CCC(O)CC1. The van der Waals surface area contributed by atoms with Crippen molar-refractivity contribution < 1.29 is 10.2 Å². The zero-order valence-electron chi connectivity index (χ0n) is 13.4. The van der Waals surface area contributed by atoms with E-state index in [1.54, 1.807) is 0 Å². The lowest BCUT2D eigenvalue weighted by atomic mass is 9.69. The van der Waals surface area contributed by atoms with Gasteiger partial charge in [-0.05, 0) is 75.5 Å². The van der Waals surface area contributed by atoms with E-state index in [9.17, 15) is 10.2 Å². The van der Waals surface area contributed by atoms with Crippen LogP contribution in [0.2, 0.25) is 0 Å². The lowest BCUT2D eigenvalue weighted by Gasteiger charge is -2.38. The molecule has 0 amide bonds. The molecule has 0 bridgehead atoms. The molecule has 0 aromatic rings. The van der Waals surface area contributed by atoms with Crippen molar-refractivity contribution in [3.05, 3.63) is 11.6 Å². The van der Waals surface area contributed by atoms with Crippen LogP contribution in [0.15, 0.2) is 11.6 Å². The molecule has 0 saturated heterocycles. The van der Waals surface area contributed by atoms with Crippen LogP contribution in [0.4, 0.5) is 0 Å². The van der Waals surface area contributed by atoms with Crippen molar-refractivity contribution in [2.45, 2.75) is 84.3 Å². The third-order valence-electron chi connectivity index (χ3n) is 5.69. The summed E-state index contributed by atoms with van der Waals surface area (Å²) in [5.41, 5.74) is 1.76. The lowest BCUT2D eigenvalue weighted by molar-refractivity contribution is 0.0804. The summed E-state index contributed by atoms with van der Waals surface area (Å²) < 4.78 is 0. The largest absolute Gasteiger partial charge is 0.393 e. The number of hydrogen-bond donors (Lipinski definition) is 2. The molecule has 0 aromatic heterocycles. The molecule has 0 aromatic carbocycles. The first-order chi connectivity index (χ1) is 9.38. The second-order valence-corrected chi connectivity index (χ2v) is 7.72. The Kier molecular flexibility index (Phi) is 5.30. The molecule has 2 fully saturated rings. The van der Waals surface area contributed by atoms with Crippen LogP contribution in [0.3, 0.4) is 0 Å². The van der Waals surface area contributed by atoms with Gasteiger partial charge < -0.3 is 10.2 Å². The van der Waals surface area contributed by atoms with E-state index in [4.69, 9.17) is 0 Å². The average Bonchev–Trinajstić information content (AvgIpc) is 2.39. The molecule has 20 heavy (non-hydrogen) atoms. The van der Waals surface area contributed by atoms with Gasteiger partial charge in [-0.1, -0.05) is 25.5 Å². The summed E-state index contributed by atoms with van der Waals surface area (Å²) in [7, 11) is 0. The molecule has 2 aliphatic carbocycles. The quantitative estimate of drug-likeness (QED) is 0.765. The van der Waals surface area contributed by atoms with Gasteiger partial charge in [-0.15, -0.1) is 0 Å². The predicted molar refractivity (Wildman–Crippen MR) is 83.5 cm³/mol. The topological polar surface area (TPSA) is 40.5 Å². The van der Waals surface area contributed by atoms with Gasteiger partial charge in [0, 0.05) is 0 Å². The van der Waals surface area contributed by atoms with E-state index in [1.165, 1.54) is 5.57 Å². The van der Waals surface area contributed by atoms with Crippen LogP contribution in [0.1, 0.15) is 72.1 Å². The molecule has 116 valence electrons. The Bertz CT molecular complexity index is 329. The monoisotopic (exact) mass is 280 g/mol. The van der Waals surface area contributed by atoms with E-state index in [0.717, 1.165) is 51.4 Å². The summed E-state index contributed by atoms with van der Waals surface area (Å²) in [5, 5.41) is 19.3. The van der Waals surface area contributed by atoms with Gasteiger partial charge in [0.15, 0.2) is 0 Å². The van der Waals surface area contributed by atoms with Crippen LogP contribution in [0, 0.1) is 17.3 Å². The van der Waals surface area contributed by atoms with Crippen LogP contribution in [0.25, 0.3) is 0 Å². The predicted octanol–water partition coefficient (Wildman–Crippen LogP) is 4.06. The Morgan fingerprint density at radius 2 is 1.30 bits per heavy atom. The Labute approximate surface area is 124 Å². The van der Waals surface area contributed by atoms with Gasteiger partial charge in [-0.2, -0.15) is 0 Å². The second kappa shape index (κ2) is 6.62. The maximum Gasteiger partial charge on any atom is 0.0540 e. The molecule has 0 radical (unpaired) electrons. The zero-order valence-corrected chi connectivity index (χ0v) is 13.4. The molecular formula is C18H32O2. The van der Waals surface area contributed by atoms with Crippen LogP contribution in [-0.4, -0.2) is 22.4 Å². The van der Waals surface area contributed by atoms with Gasteiger partial charge in [0.2, 0.25) is 0 Å². The van der Waals surface area contributed by atoms with Crippen molar-refractivity contribution in [3.8, 4) is 0 Å². The van der Waals surface area contributed by atoms with Crippen molar-refractivity contribution in [2.24, 2.45) is 17.3 Å². The minimum atomic E-state index is -0.0631. The summed E-state index contributed by atoms with van der Waals surface area (Å²) in [5.74, 6) is 1.38. The van der Waals surface area contributed by atoms with Gasteiger partial charge in [0.25, 0.3) is 0 Å². The Balaban J connectivity index is 1.96. The maximum absolute atomic E-state index is 9.66. The van der Waals surface area contributed by atoms with E-state index < -0.39 is 0 Å². The smallest absolute Gasteiger partial charge is 0.0540 e. The van der Waals surface area contributed by atoms with Gasteiger partial charge in [-0.25, -0.2) is 0 Å². The third-order valence-corrected chi connectivity index (χ3v) is 5.69. The third kappa shape index (κ3) is 4.08. The van der Waals surface area contributed by atoms with Crippen LogP contribution >= 0.6 is 0 Å². The summed E-state index contributed by atoms with van der Waals surface area (Å²) >= 11 is 0. The fourth-order valence-electron chi connectivity index (χ4n) is 4.17. The minimum Gasteiger partial charge on any atom is -0.393 e. The molecule has 0 atom stereocenters. The summed E-state index contributed by atoms with van der Waals surface area (Å²) in [6, 6.07) is 0. The van der Waals surface area contributed by atoms with E-state index in [1.807, 2.05) is 0 Å². The molecule has 2 N–H and O–H groups in total. The Hall–Kier alpha value is -0.340. The number of allylic oxidation sites excluding steroid dienone is 2. The maximum atomic E-state index is 9.66. The lowest BCUT2D eigenvalue weighted by Crippen LogP contribution is -2.29. The first-order valence-electron chi connectivity index (χ1n) is 8.44. The van der Waals surface area contributed by atoms with Crippen molar-refractivity contribution in [2.75, 3.05) is 0 Å². The Morgan fingerprint density at radius 3 is 1.80 bits per heavy atom. The minimum absolute atomic E-state index is 0.0630. The van der Waals surface area contributed by atoms with Crippen molar-refractivity contribution in [3.63, 3.8) is 0 Å². The summed E-state index contributed by atoms with van der Waals surface area (Å²) in [4.78, 5) is 0. The molecule has 0 heterocycles. The second-order valence-electron chi connectivity index (χ2n) is 7.72. The standard InChI is InChI=1S/C18H32O2/c1-13(14-4-8-16(19)9-5-14)12-18(2,3)15-6-10-17(20)11-7-15/h12,14-17,19-20H,4-11H2,1-3H3. The fourth-order valence-corrected chi connectivity index (χ4v) is 4.17. The summed E-state index contributed by atoms with van der Waals surface area (Å²) in [6.07, 6.45) is 10.8. The van der Waals surface area contributed by atoms with E-state index in [2.05, 4.69) is 26.8 Å². The van der Waals surface area contributed by atoms with Gasteiger partial charge >= 0.3 is 0 Å². The number of aliphatic hydroxyl groups excluding tert-OH is 2. The van der Waals surface area contributed by atoms with Gasteiger partial charge in [-0.3, -0.25) is 0 Å². The highest BCUT2D eigenvalue weighted by molar-refractivity contribution is 5.11. The van der Waals surface area contributed by atoms with Gasteiger partial charge in [0.1, 0.15) is 0 Å². The number of hydrogen-bond acceptors (Lipinski definition) is 2. The normalized spacial score (nSPS) is 37.0. The van der Waals surface area contributed by atoms with Crippen molar-refractivity contribution in [1.29, 1.82) is 0 Å². The fraction of sp³-hybridized carbons (Fsp3) is 0.889. The molecule has 2 nitrogen and oxygen atoms in total. The molecule has 0 aliphatic heterocycles. The van der Waals surface area contributed by atoms with Gasteiger partial charge in [0.05, 0.1) is 12.2 Å². The van der Waals surface area contributed by atoms with Crippen LogP contribution in [0.5, 0.6) is 0 Å². The van der Waals surface area contributed by atoms with E-state index >= 15 is 0 Å². The summed E-state index contributed by atoms with van der Waals surface area (Å²) in [6.45, 7) is 6.99. The van der Waals surface area contributed by atoms with E-state index in [-0.39, 0.29) is 17.6 Å². The molecule has 0 unspecified atom stereocenters. The highest BCUT2D eigenvalue weighted by Gasteiger charge is 2.32. The number of aliphatic hydroxyl groups is 2. The molecule has 0 spiro atoms. The molecule has 2 saturated carbocycles. The van der Waals surface area contributed by atoms with Crippen molar-refractivity contribution in [1.82, 2.24) is 0 Å². The van der Waals surface area contributed by atoms with Crippen LogP contribution < -0.4 is 0 Å². The Morgan fingerprint density at radius 1 is 0.850 bits per heavy atom. The molecule has 2 heteroatoms. The highest BCUT2D eigenvalue weighted by Crippen LogP contribution is 2.41. The average molecular weight is 280 g/mol. The van der Waals surface area contributed by atoms with Crippen molar-refractivity contribution >= 4 is 0 Å². The molecular weight excluding hydrogens is 248 g/mol. The highest BCUT2D eigenvalue weighted by atomic mass is 16.3. The molecule has 2 rings (SSSR count). The first kappa shape index (κ1) is 16.0. The zero-order chi connectivity index (χ0) is 14.8. The van der Waals surface area contributed by atoms with Crippen LogP contribution in [-0.2, 0) is 0 Å². The van der Waals surface area contributed by atoms with E-state index in [0.29, 0.717) is 11.8 Å². The number of rotatable bonds is 3. The molecule has 2 aliphatic rings. The first-order valence-corrected chi connectivity index (χ1v) is 8.44.